The topological polar surface area (TPSA) is 85.0 Å². The SMILES string of the molecule is Cn1cc(N2CCC(Nc3cnn(C)c(=O)c3Cl)C2=O)cn1. The Bertz CT molecular complexity index is 783. The number of hydrogen-bond acceptors (Lipinski definition) is 5. The number of nitrogens with one attached hydrogen (secondary N) is 1. The zero-order valence-corrected chi connectivity index (χ0v) is 12.9. The number of amides is 1. The lowest BCUT2D eigenvalue weighted by molar-refractivity contribution is -0.117. The first-order valence-corrected chi connectivity index (χ1v) is 7.13. The zero-order valence-electron chi connectivity index (χ0n) is 12.2. The van der Waals surface area contributed by atoms with Gasteiger partial charge in [0.25, 0.3) is 5.56 Å². The van der Waals surface area contributed by atoms with E-state index in [1.54, 1.807) is 29.0 Å². The van der Waals surface area contributed by atoms with Crippen molar-refractivity contribution in [1.29, 1.82) is 0 Å². The van der Waals surface area contributed by atoms with E-state index in [1.807, 2.05) is 0 Å². The standard InChI is InChI=1S/C13H15ClN6O2/c1-18-7-8(5-15-18)20-4-3-9(12(20)21)17-10-6-16-19(2)13(22)11(10)14/h5-7,9,17H,3-4H2,1-2H3. The van der Waals surface area contributed by atoms with Gasteiger partial charge in [0.05, 0.1) is 23.8 Å². The van der Waals surface area contributed by atoms with Gasteiger partial charge in [0.15, 0.2) is 0 Å². The van der Waals surface area contributed by atoms with Crippen molar-refractivity contribution in [3.05, 3.63) is 34.0 Å². The van der Waals surface area contributed by atoms with Crippen molar-refractivity contribution in [2.75, 3.05) is 16.8 Å². The van der Waals surface area contributed by atoms with E-state index in [1.165, 1.54) is 13.2 Å². The molecule has 22 heavy (non-hydrogen) atoms. The second kappa shape index (κ2) is 5.45. The summed E-state index contributed by atoms with van der Waals surface area (Å²) in [4.78, 5) is 25.9. The molecule has 0 aliphatic carbocycles. The van der Waals surface area contributed by atoms with E-state index in [0.717, 1.165) is 10.4 Å². The molecule has 1 atom stereocenters. The minimum absolute atomic E-state index is 0.0325. The molecule has 8 nitrogen and oxygen atoms in total. The molecular weight excluding hydrogens is 308 g/mol. The second-order valence-corrected chi connectivity index (χ2v) is 5.53. The Morgan fingerprint density at radius 2 is 2.05 bits per heavy atom. The molecule has 2 aromatic heterocycles. The Kier molecular flexibility index (Phi) is 3.61. The number of nitrogens with zero attached hydrogens (tertiary/aromatic N) is 5. The molecular formula is C13H15ClN6O2. The first-order valence-electron chi connectivity index (χ1n) is 6.75. The van der Waals surface area contributed by atoms with E-state index in [0.29, 0.717) is 18.7 Å². The summed E-state index contributed by atoms with van der Waals surface area (Å²) < 4.78 is 2.79. The number of carbonyl (C=O) groups excluding carboxylic acids is 1. The molecule has 3 rings (SSSR count). The van der Waals surface area contributed by atoms with E-state index in [2.05, 4.69) is 15.5 Å². The molecule has 1 saturated heterocycles. The van der Waals surface area contributed by atoms with Crippen LogP contribution in [0.4, 0.5) is 11.4 Å². The maximum atomic E-state index is 12.5. The van der Waals surface area contributed by atoms with Crippen molar-refractivity contribution in [3.8, 4) is 0 Å². The average Bonchev–Trinajstić information content (AvgIpc) is 3.06. The highest BCUT2D eigenvalue weighted by Crippen LogP contribution is 2.24. The lowest BCUT2D eigenvalue weighted by Crippen LogP contribution is -2.34. The molecule has 1 fully saturated rings. The number of aromatic nitrogens is 4. The lowest BCUT2D eigenvalue weighted by Gasteiger charge is -2.16. The fraction of sp³-hybridized carbons (Fsp3) is 0.385. The summed E-state index contributed by atoms with van der Waals surface area (Å²) in [6, 6.07) is -0.438. The lowest BCUT2D eigenvalue weighted by atomic mass is 10.2. The van der Waals surface area contributed by atoms with E-state index in [4.69, 9.17) is 11.6 Å². The van der Waals surface area contributed by atoms with Crippen LogP contribution in [-0.4, -0.2) is 38.1 Å². The smallest absolute Gasteiger partial charge is 0.287 e. The number of anilines is 2. The second-order valence-electron chi connectivity index (χ2n) is 5.15. The number of hydrogen-bond donors (Lipinski definition) is 1. The van der Waals surface area contributed by atoms with Gasteiger partial charge in [-0.3, -0.25) is 14.3 Å². The van der Waals surface area contributed by atoms with Crippen molar-refractivity contribution in [3.63, 3.8) is 0 Å². The van der Waals surface area contributed by atoms with Crippen LogP contribution in [0.1, 0.15) is 6.42 Å². The predicted octanol–water partition coefficient (Wildman–Crippen LogP) is 0.385. The van der Waals surface area contributed by atoms with Crippen molar-refractivity contribution in [2.24, 2.45) is 14.1 Å². The van der Waals surface area contributed by atoms with Gasteiger partial charge in [0.2, 0.25) is 5.91 Å². The van der Waals surface area contributed by atoms with Gasteiger partial charge in [-0.05, 0) is 6.42 Å². The molecule has 0 aromatic carbocycles. The fourth-order valence-electron chi connectivity index (χ4n) is 2.42. The number of aryl methyl sites for hydroxylation is 2. The van der Waals surface area contributed by atoms with Gasteiger partial charge in [-0.25, -0.2) is 4.68 Å². The van der Waals surface area contributed by atoms with E-state index in [9.17, 15) is 9.59 Å². The molecule has 0 radical (unpaired) electrons. The molecule has 1 N–H and O–H groups in total. The Morgan fingerprint density at radius 3 is 2.73 bits per heavy atom. The third-order valence-corrected chi connectivity index (χ3v) is 3.98. The minimum atomic E-state index is -0.438. The van der Waals surface area contributed by atoms with Gasteiger partial charge in [-0.2, -0.15) is 10.2 Å². The molecule has 1 amide bonds. The van der Waals surface area contributed by atoms with Gasteiger partial charge < -0.3 is 10.2 Å². The van der Waals surface area contributed by atoms with Gasteiger partial charge in [-0.15, -0.1) is 0 Å². The zero-order chi connectivity index (χ0) is 15.9. The van der Waals surface area contributed by atoms with E-state index in [-0.39, 0.29) is 10.9 Å². The molecule has 1 unspecified atom stereocenters. The monoisotopic (exact) mass is 322 g/mol. The summed E-state index contributed by atoms with van der Waals surface area (Å²) in [5.74, 6) is -0.0789. The summed E-state index contributed by atoms with van der Waals surface area (Å²) in [5.41, 5.74) is 0.724. The molecule has 1 aliphatic rings. The van der Waals surface area contributed by atoms with E-state index >= 15 is 0 Å². The maximum absolute atomic E-state index is 12.5. The quantitative estimate of drug-likeness (QED) is 0.883. The Morgan fingerprint density at radius 1 is 1.27 bits per heavy atom. The van der Waals surface area contributed by atoms with Crippen molar-refractivity contribution in [1.82, 2.24) is 19.6 Å². The molecule has 9 heteroatoms. The normalized spacial score (nSPS) is 18.0. The minimum Gasteiger partial charge on any atom is -0.371 e. The van der Waals surface area contributed by atoms with E-state index < -0.39 is 11.6 Å². The van der Waals surface area contributed by atoms with Crippen LogP contribution in [0.2, 0.25) is 5.02 Å². The molecule has 0 bridgehead atoms. The van der Waals surface area contributed by atoms with Crippen molar-refractivity contribution >= 4 is 28.9 Å². The molecule has 3 heterocycles. The van der Waals surface area contributed by atoms with Crippen LogP contribution in [0.25, 0.3) is 0 Å². The Hall–Kier alpha value is -2.35. The summed E-state index contributed by atoms with van der Waals surface area (Å²) in [6.45, 7) is 0.581. The van der Waals surface area contributed by atoms with Crippen LogP contribution in [0.15, 0.2) is 23.4 Å². The van der Waals surface area contributed by atoms with Crippen molar-refractivity contribution in [2.45, 2.75) is 12.5 Å². The average molecular weight is 323 g/mol. The van der Waals surface area contributed by atoms with Crippen LogP contribution in [-0.2, 0) is 18.9 Å². The van der Waals surface area contributed by atoms with Gasteiger partial charge >= 0.3 is 0 Å². The summed E-state index contributed by atoms with van der Waals surface area (Å²) in [5, 5.41) is 11.0. The third-order valence-electron chi connectivity index (χ3n) is 3.62. The molecule has 116 valence electrons. The third kappa shape index (κ3) is 2.45. The maximum Gasteiger partial charge on any atom is 0.287 e. The summed E-state index contributed by atoms with van der Waals surface area (Å²) >= 11 is 6.01. The first kappa shape index (κ1) is 14.6. The van der Waals surface area contributed by atoms with Crippen LogP contribution >= 0.6 is 11.6 Å². The highest BCUT2D eigenvalue weighted by Gasteiger charge is 2.33. The first-order chi connectivity index (χ1) is 10.5. The van der Waals surface area contributed by atoms with Gasteiger partial charge in [-0.1, -0.05) is 11.6 Å². The number of carbonyl (C=O) groups is 1. The Balaban J connectivity index is 1.79. The van der Waals surface area contributed by atoms with Gasteiger partial charge in [0.1, 0.15) is 11.1 Å². The number of halogens is 1. The highest BCUT2D eigenvalue weighted by molar-refractivity contribution is 6.33. The molecule has 2 aromatic rings. The van der Waals surface area contributed by atoms with Gasteiger partial charge in [0, 0.05) is 26.8 Å². The molecule has 0 saturated carbocycles. The summed E-state index contributed by atoms with van der Waals surface area (Å²) in [6.07, 6.45) is 5.49. The van der Waals surface area contributed by atoms with Crippen LogP contribution in [0, 0.1) is 0 Å². The molecule has 0 spiro atoms. The van der Waals surface area contributed by atoms with Crippen LogP contribution in [0.3, 0.4) is 0 Å². The fourth-order valence-corrected chi connectivity index (χ4v) is 2.64. The molecule has 1 aliphatic heterocycles. The van der Waals surface area contributed by atoms with Crippen LogP contribution < -0.4 is 15.8 Å². The highest BCUT2D eigenvalue weighted by atomic mass is 35.5. The van der Waals surface area contributed by atoms with Crippen molar-refractivity contribution < 1.29 is 4.79 Å². The largest absolute Gasteiger partial charge is 0.371 e. The summed E-state index contributed by atoms with van der Waals surface area (Å²) in [7, 11) is 3.31. The predicted molar refractivity (Wildman–Crippen MR) is 82.1 cm³/mol. The van der Waals surface area contributed by atoms with Crippen LogP contribution in [0.5, 0.6) is 0 Å². The Labute approximate surface area is 131 Å². The number of rotatable bonds is 3.